The van der Waals surface area contributed by atoms with Crippen LogP contribution in [0, 0.1) is 11.6 Å². The number of aliphatic hydroxyl groups is 1. The number of aromatic nitrogens is 2. The van der Waals surface area contributed by atoms with Crippen molar-refractivity contribution in [2.75, 3.05) is 0 Å². The molecule has 0 radical (unpaired) electrons. The minimum absolute atomic E-state index is 0.00741. The van der Waals surface area contributed by atoms with Crippen LogP contribution in [0.4, 0.5) is 8.78 Å². The quantitative estimate of drug-likeness (QED) is 0.896. The molecule has 0 aliphatic heterocycles. The maximum absolute atomic E-state index is 13.3. The molecule has 3 nitrogen and oxygen atoms in total. The average molecular weight is 242 g/mol. The third-order valence-electron chi connectivity index (χ3n) is 2.13. The zero-order chi connectivity index (χ0) is 11.5. The lowest BCUT2D eigenvalue weighted by Gasteiger charge is -2.08. The van der Waals surface area contributed by atoms with Crippen molar-refractivity contribution in [2.45, 2.75) is 12.5 Å². The molecule has 0 bridgehead atoms. The van der Waals surface area contributed by atoms with Gasteiger partial charge in [0.25, 0.3) is 0 Å². The number of nitrogens with zero attached hydrogens (tertiary/aromatic N) is 2. The van der Waals surface area contributed by atoms with Gasteiger partial charge >= 0.3 is 0 Å². The Labute approximate surface area is 94.5 Å². The molecule has 0 saturated heterocycles. The predicted molar refractivity (Wildman–Crippen MR) is 54.9 cm³/mol. The molecule has 1 aromatic carbocycles. The molecule has 0 spiro atoms. The Balaban J connectivity index is 2.17. The minimum atomic E-state index is -0.906. The van der Waals surface area contributed by atoms with E-state index in [2.05, 4.69) is 9.59 Å². The highest BCUT2D eigenvalue weighted by Gasteiger charge is 2.14. The zero-order valence-corrected chi connectivity index (χ0v) is 8.92. The van der Waals surface area contributed by atoms with Gasteiger partial charge in [0.2, 0.25) is 0 Å². The topological polar surface area (TPSA) is 46.0 Å². The largest absolute Gasteiger partial charge is 0.387 e. The first-order valence-electron chi connectivity index (χ1n) is 4.56. The summed E-state index contributed by atoms with van der Waals surface area (Å²) in [4.78, 5) is 0.531. The van der Waals surface area contributed by atoms with E-state index >= 15 is 0 Å². The van der Waals surface area contributed by atoms with Gasteiger partial charge in [-0.2, -0.15) is 0 Å². The van der Waals surface area contributed by atoms with Crippen molar-refractivity contribution in [3.63, 3.8) is 0 Å². The van der Waals surface area contributed by atoms with Crippen molar-refractivity contribution < 1.29 is 13.9 Å². The van der Waals surface area contributed by atoms with E-state index in [1.165, 1.54) is 6.20 Å². The van der Waals surface area contributed by atoms with Crippen molar-refractivity contribution in [1.29, 1.82) is 0 Å². The monoisotopic (exact) mass is 242 g/mol. The molecule has 1 aromatic heterocycles. The fourth-order valence-corrected chi connectivity index (χ4v) is 1.82. The van der Waals surface area contributed by atoms with Crippen LogP contribution in [0.5, 0.6) is 0 Å². The van der Waals surface area contributed by atoms with Gasteiger partial charge in [0.05, 0.1) is 17.2 Å². The van der Waals surface area contributed by atoms with Crippen LogP contribution in [0.15, 0.2) is 24.4 Å². The average Bonchev–Trinajstić information content (AvgIpc) is 2.76. The van der Waals surface area contributed by atoms with Gasteiger partial charge in [-0.15, -0.1) is 5.10 Å². The highest BCUT2D eigenvalue weighted by molar-refractivity contribution is 7.05. The molecule has 1 unspecified atom stereocenters. The van der Waals surface area contributed by atoms with E-state index in [0.717, 1.165) is 29.7 Å². The molecular weight excluding hydrogens is 234 g/mol. The van der Waals surface area contributed by atoms with Crippen molar-refractivity contribution in [1.82, 2.24) is 9.59 Å². The van der Waals surface area contributed by atoms with Crippen molar-refractivity contribution in [2.24, 2.45) is 0 Å². The standard InChI is InChI=1S/C10H8F2N2OS/c11-7-1-2-8(12)6(3-7)4-9(15)10-5-13-14-16-10/h1-3,5,9,15H,4H2. The first kappa shape index (κ1) is 11.1. The SMILES string of the molecule is OC(Cc1cc(F)ccc1F)c1cnns1. The van der Waals surface area contributed by atoms with Gasteiger partial charge in [-0.3, -0.25) is 0 Å². The Morgan fingerprint density at radius 2 is 2.19 bits per heavy atom. The summed E-state index contributed by atoms with van der Waals surface area (Å²) in [6.07, 6.45) is 0.510. The lowest BCUT2D eigenvalue weighted by Crippen LogP contribution is -2.02. The Kier molecular flexibility index (Phi) is 3.21. The molecular formula is C10H8F2N2OS. The first-order valence-corrected chi connectivity index (χ1v) is 5.33. The first-order chi connectivity index (χ1) is 7.66. The summed E-state index contributed by atoms with van der Waals surface area (Å²) in [7, 11) is 0. The minimum Gasteiger partial charge on any atom is -0.387 e. The lowest BCUT2D eigenvalue weighted by molar-refractivity contribution is 0.180. The highest BCUT2D eigenvalue weighted by Crippen LogP contribution is 2.22. The smallest absolute Gasteiger partial charge is 0.126 e. The van der Waals surface area contributed by atoms with Crippen LogP contribution in [-0.4, -0.2) is 14.7 Å². The predicted octanol–water partition coefficient (Wildman–Crippen LogP) is 2.09. The molecule has 16 heavy (non-hydrogen) atoms. The summed E-state index contributed by atoms with van der Waals surface area (Å²) < 4.78 is 29.7. The lowest BCUT2D eigenvalue weighted by atomic mass is 10.1. The molecule has 0 aliphatic rings. The molecule has 1 heterocycles. The summed E-state index contributed by atoms with van der Waals surface area (Å²) in [6, 6.07) is 3.16. The highest BCUT2D eigenvalue weighted by atomic mass is 32.1. The Bertz CT molecular complexity index is 476. The molecule has 0 saturated carbocycles. The van der Waals surface area contributed by atoms with Crippen molar-refractivity contribution in [3.05, 3.63) is 46.5 Å². The third-order valence-corrected chi connectivity index (χ3v) is 2.89. The normalized spacial score (nSPS) is 12.7. The maximum Gasteiger partial charge on any atom is 0.126 e. The van der Waals surface area contributed by atoms with E-state index in [1.54, 1.807) is 0 Å². The van der Waals surface area contributed by atoms with E-state index < -0.39 is 17.7 Å². The Morgan fingerprint density at radius 1 is 1.38 bits per heavy atom. The molecule has 0 fully saturated rings. The summed E-state index contributed by atoms with van der Waals surface area (Å²) >= 11 is 1.03. The third kappa shape index (κ3) is 2.40. The number of rotatable bonds is 3. The maximum atomic E-state index is 13.3. The molecule has 6 heteroatoms. The van der Waals surface area contributed by atoms with E-state index in [-0.39, 0.29) is 12.0 Å². The molecule has 2 rings (SSSR count). The second-order valence-electron chi connectivity index (χ2n) is 3.28. The number of benzene rings is 1. The van der Waals surface area contributed by atoms with Crippen molar-refractivity contribution in [3.8, 4) is 0 Å². The van der Waals surface area contributed by atoms with Crippen LogP contribution in [0.1, 0.15) is 16.5 Å². The fourth-order valence-electron chi connectivity index (χ4n) is 1.33. The number of hydrogen-bond donors (Lipinski definition) is 1. The van der Waals surface area contributed by atoms with Gasteiger partial charge in [0.1, 0.15) is 11.6 Å². The van der Waals surface area contributed by atoms with E-state index in [9.17, 15) is 13.9 Å². The van der Waals surface area contributed by atoms with Crippen LogP contribution in [0.25, 0.3) is 0 Å². The van der Waals surface area contributed by atoms with Crippen LogP contribution in [0.3, 0.4) is 0 Å². The summed E-state index contributed by atoms with van der Waals surface area (Å²) in [5, 5.41) is 13.3. The van der Waals surface area contributed by atoms with Crippen LogP contribution in [-0.2, 0) is 6.42 Å². The van der Waals surface area contributed by atoms with Crippen LogP contribution < -0.4 is 0 Å². The zero-order valence-electron chi connectivity index (χ0n) is 8.10. The fraction of sp³-hybridized carbons (Fsp3) is 0.200. The van der Waals surface area contributed by atoms with Crippen molar-refractivity contribution >= 4 is 11.5 Å². The van der Waals surface area contributed by atoms with Gasteiger partial charge < -0.3 is 5.11 Å². The summed E-state index contributed by atoms with van der Waals surface area (Å²) in [5.74, 6) is -1.05. The summed E-state index contributed by atoms with van der Waals surface area (Å²) in [6.45, 7) is 0. The second-order valence-corrected chi connectivity index (χ2v) is 4.09. The van der Waals surface area contributed by atoms with Gasteiger partial charge in [-0.25, -0.2) is 8.78 Å². The number of aliphatic hydroxyl groups excluding tert-OH is 1. The Hall–Kier alpha value is -1.40. The van der Waals surface area contributed by atoms with Crippen LogP contribution in [0.2, 0.25) is 0 Å². The van der Waals surface area contributed by atoms with E-state index in [4.69, 9.17) is 0 Å². The Morgan fingerprint density at radius 3 is 2.88 bits per heavy atom. The van der Waals surface area contributed by atoms with Gasteiger partial charge in [-0.1, -0.05) is 4.49 Å². The van der Waals surface area contributed by atoms with E-state index in [1.807, 2.05) is 0 Å². The number of hydrogen-bond acceptors (Lipinski definition) is 4. The molecule has 84 valence electrons. The molecule has 0 amide bonds. The van der Waals surface area contributed by atoms with E-state index in [0.29, 0.717) is 4.88 Å². The summed E-state index contributed by atoms with van der Waals surface area (Å²) in [5.41, 5.74) is 0.140. The van der Waals surface area contributed by atoms with Gasteiger partial charge in [-0.05, 0) is 35.3 Å². The van der Waals surface area contributed by atoms with Gasteiger partial charge in [0, 0.05) is 6.42 Å². The molecule has 1 atom stereocenters. The van der Waals surface area contributed by atoms with Gasteiger partial charge in [0.15, 0.2) is 0 Å². The molecule has 2 aromatic rings. The molecule has 0 aliphatic carbocycles. The second kappa shape index (κ2) is 4.63. The number of halogens is 2. The molecule has 1 N–H and O–H groups in total. The van der Waals surface area contributed by atoms with Crippen LogP contribution >= 0.6 is 11.5 Å².